The van der Waals surface area contributed by atoms with Crippen molar-refractivity contribution >= 4 is 17.6 Å². The van der Waals surface area contributed by atoms with Crippen molar-refractivity contribution in [2.24, 2.45) is 10.9 Å². The Morgan fingerprint density at radius 3 is 2.81 bits per heavy atom. The predicted octanol–water partition coefficient (Wildman–Crippen LogP) is 3.22. The van der Waals surface area contributed by atoms with Crippen LogP contribution in [0.2, 0.25) is 0 Å². The fraction of sp³-hybridized carbons (Fsp3) is 0.133. The molecule has 0 atom stereocenters. The molecular formula is C15H15FN2O2S. The van der Waals surface area contributed by atoms with Crippen molar-refractivity contribution < 1.29 is 14.3 Å². The van der Waals surface area contributed by atoms with E-state index in [-0.39, 0.29) is 11.7 Å². The third-order valence-electron chi connectivity index (χ3n) is 2.87. The van der Waals surface area contributed by atoms with E-state index < -0.39 is 0 Å². The van der Waals surface area contributed by atoms with Crippen molar-refractivity contribution in [3.63, 3.8) is 0 Å². The van der Waals surface area contributed by atoms with Gasteiger partial charge in [0.05, 0.1) is 7.11 Å². The zero-order valence-electron chi connectivity index (χ0n) is 11.4. The maximum Gasteiger partial charge on any atom is 0.170 e. The SMILES string of the molecule is COc1ccc(/C(N)=N/O)cc1CSc1cccc(F)c1. The Labute approximate surface area is 126 Å². The first-order valence-electron chi connectivity index (χ1n) is 6.17. The van der Waals surface area contributed by atoms with Crippen LogP contribution in [0.4, 0.5) is 4.39 Å². The molecule has 0 unspecified atom stereocenters. The minimum atomic E-state index is -0.266. The van der Waals surface area contributed by atoms with Crippen LogP contribution < -0.4 is 10.5 Å². The highest BCUT2D eigenvalue weighted by Gasteiger charge is 2.08. The zero-order valence-corrected chi connectivity index (χ0v) is 12.2. The van der Waals surface area contributed by atoms with Crippen LogP contribution in [0.15, 0.2) is 52.5 Å². The average molecular weight is 306 g/mol. The van der Waals surface area contributed by atoms with Crippen LogP contribution in [-0.4, -0.2) is 18.2 Å². The molecule has 6 heteroatoms. The highest BCUT2D eigenvalue weighted by molar-refractivity contribution is 7.98. The molecule has 2 aromatic rings. The Kier molecular flexibility index (Phi) is 5.05. The quantitative estimate of drug-likeness (QED) is 0.293. The van der Waals surface area contributed by atoms with Gasteiger partial charge >= 0.3 is 0 Å². The van der Waals surface area contributed by atoms with Gasteiger partial charge < -0.3 is 15.7 Å². The number of oxime groups is 1. The molecule has 0 saturated carbocycles. The molecule has 3 N–H and O–H groups in total. The fourth-order valence-corrected chi connectivity index (χ4v) is 2.74. The molecule has 0 aliphatic heterocycles. The first kappa shape index (κ1) is 15.2. The fourth-order valence-electron chi connectivity index (χ4n) is 1.83. The molecule has 0 spiro atoms. The molecule has 0 fully saturated rings. The number of thioether (sulfide) groups is 1. The summed E-state index contributed by atoms with van der Waals surface area (Å²) in [6.07, 6.45) is 0. The third kappa shape index (κ3) is 3.88. The van der Waals surface area contributed by atoms with Gasteiger partial charge in [-0.25, -0.2) is 4.39 Å². The molecule has 2 aromatic carbocycles. The number of ether oxygens (including phenoxy) is 1. The summed E-state index contributed by atoms with van der Waals surface area (Å²) in [4.78, 5) is 0.825. The van der Waals surface area contributed by atoms with E-state index in [1.54, 1.807) is 31.4 Å². The van der Waals surface area contributed by atoms with Crippen LogP contribution >= 0.6 is 11.8 Å². The van der Waals surface area contributed by atoms with E-state index in [2.05, 4.69) is 5.16 Å². The summed E-state index contributed by atoms with van der Waals surface area (Å²) in [5.41, 5.74) is 7.07. The lowest BCUT2D eigenvalue weighted by Gasteiger charge is -2.10. The molecule has 0 amide bonds. The highest BCUT2D eigenvalue weighted by atomic mass is 32.2. The molecule has 0 saturated heterocycles. The van der Waals surface area contributed by atoms with E-state index in [1.165, 1.54) is 23.9 Å². The maximum absolute atomic E-state index is 13.2. The minimum Gasteiger partial charge on any atom is -0.496 e. The van der Waals surface area contributed by atoms with Crippen molar-refractivity contribution in [1.29, 1.82) is 0 Å². The number of rotatable bonds is 5. The Bertz CT molecular complexity index is 662. The Hall–Kier alpha value is -2.21. The van der Waals surface area contributed by atoms with Gasteiger partial charge in [-0.3, -0.25) is 0 Å². The lowest BCUT2D eigenvalue weighted by Crippen LogP contribution is -2.13. The minimum absolute atomic E-state index is 0.0367. The van der Waals surface area contributed by atoms with Gasteiger partial charge in [0, 0.05) is 21.8 Å². The average Bonchev–Trinajstić information content (AvgIpc) is 2.52. The van der Waals surface area contributed by atoms with E-state index in [0.29, 0.717) is 17.1 Å². The van der Waals surface area contributed by atoms with Crippen LogP contribution in [0.3, 0.4) is 0 Å². The standard InChI is InChI=1S/C15H15FN2O2S/c1-20-14-6-5-10(15(17)18-19)7-11(14)9-21-13-4-2-3-12(16)8-13/h2-8,19H,9H2,1H3,(H2,17,18). The Morgan fingerprint density at radius 1 is 1.33 bits per heavy atom. The first-order valence-corrected chi connectivity index (χ1v) is 7.15. The highest BCUT2D eigenvalue weighted by Crippen LogP contribution is 2.29. The summed E-state index contributed by atoms with van der Waals surface area (Å²) in [6, 6.07) is 11.7. The summed E-state index contributed by atoms with van der Waals surface area (Å²) in [5, 5.41) is 11.7. The van der Waals surface area contributed by atoms with Crippen LogP contribution in [0.25, 0.3) is 0 Å². The second-order valence-electron chi connectivity index (χ2n) is 4.26. The van der Waals surface area contributed by atoms with Crippen LogP contribution in [0.1, 0.15) is 11.1 Å². The molecule has 0 radical (unpaired) electrons. The monoisotopic (exact) mass is 306 g/mol. The van der Waals surface area contributed by atoms with Gasteiger partial charge in [-0.05, 0) is 36.4 Å². The molecule has 21 heavy (non-hydrogen) atoms. The number of hydrogen-bond acceptors (Lipinski definition) is 4. The van der Waals surface area contributed by atoms with Crippen molar-refractivity contribution in [3.8, 4) is 5.75 Å². The molecule has 0 aliphatic carbocycles. The first-order chi connectivity index (χ1) is 10.1. The summed E-state index contributed by atoms with van der Waals surface area (Å²) in [7, 11) is 1.58. The molecule has 0 heterocycles. The molecule has 0 aromatic heterocycles. The third-order valence-corrected chi connectivity index (χ3v) is 3.92. The molecule has 0 aliphatic rings. The number of amidine groups is 1. The largest absolute Gasteiger partial charge is 0.496 e. The molecular weight excluding hydrogens is 291 g/mol. The van der Waals surface area contributed by atoms with Gasteiger partial charge in [-0.15, -0.1) is 11.8 Å². The Balaban J connectivity index is 2.21. The second kappa shape index (κ2) is 6.99. The van der Waals surface area contributed by atoms with Gasteiger partial charge in [-0.2, -0.15) is 0 Å². The van der Waals surface area contributed by atoms with E-state index in [0.717, 1.165) is 10.5 Å². The van der Waals surface area contributed by atoms with Crippen molar-refractivity contribution in [3.05, 3.63) is 59.4 Å². The summed E-state index contributed by atoms with van der Waals surface area (Å²) in [6.45, 7) is 0. The van der Waals surface area contributed by atoms with E-state index >= 15 is 0 Å². The number of benzene rings is 2. The lowest BCUT2D eigenvalue weighted by molar-refractivity contribution is 0.318. The van der Waals surface area contributed by atoms with Crippen LogP contribution in [0.5, 0.6) is 5.75 Å². The summed E-state index contributed by atoms with van der Waals surface area (Å²) in [5.74, 6) is 1.06. The van der Waals surface area contributed by atoms with E-state index in [1.807, 2.05) is 6.07 Å². The number of hydrogen-bond donors (Lipinski definition) is 2. The summed E-state index contributed by atoms with van der Waals surface area (Å²) >= 11 is 1.48. The molecule has 2 rings (SSSR count). The second-order valence-corrected chi connectivity index (χ2v) is 5.31. The predicted molar refractivity (Wildman–Crippen MR) is 81.5 cm³/mol. The number of nitrogens with two attached hydrogens (primary N) is 1. The van der Waals surface area contributed by atoms with Gasteiger partial charge in [0.25, 0.3) is 0 Å². The lowest BCUT2D eigenvalue weighted by atomic mass is 10.1. The van der Waals surface area contributed by atoms with Crippen molar-refractivity contribution in [2.45, 2.75) is 10.6 Å². The van der Waals surface area contributed by atoms with Gasteiger partial charge in [0.2, 0.25) is 0 Å². The molecule has 0 bridgehead atoms. The Morgan fingerprint density at radius 2 is 2.14 bits per heavy atom. The van der Waals surface area contributed by atoms with Crippen LogP contribution in [0, 0.1) is 5.82 Å². The van der Waals surface area contributed by atoms with Gasteiger partial charge in [-0.1, -0.05) is 11.2 Å². The molecule has 4 nitrogen and oxygen atoms in total. The maximum atomic E-state index is 13.2. The van der Waals surface area contributed by atoms with Crippen molar-refractivity contribution in [1.82, 2.24) is 0 Å². The zero-order chi connectivity index (χ0) is 15.2. The number of methoxy groups -OCH3 is 1. The summed E-state index contributed by atoms with van der Waals surface area (Å²) < 4.78 is 18.5. The topological polar surface area (TPSA) is 67.8 Å². The normalized spacial score (nSPS) is 11.4. The van der Waals surface area contributed by atoms with Gasteiger partial charge in [0.1, 0.15) is 11.6 Å². The number of nitrogens with zero attached hydrogens (tertiary/aromatic N) is 1. The van der Waals surface area contributed by atoms with Crippen LogP contribution in [-0.2, 0) is 5.75 Å². The van der Waals surface area contributed by atoms with E-state index in [9.17, 15) is 4.39 Å². The van der Waals surface area contributed by atoms with E-state index in [4.69, 9.17) is 15.7 Å². The smallest absolute Gasteiger partial charge is 0.170 e. The van der Waals surface area contributed by atoms with Gasteiger partial charge in [0.15, 0.2) is 5.84 Å². The number of halogens is 1. The molecule has 110 valence electrons. The van der Waals surface area contributed by atoms with Crippen molar-refractivity contribution in [2.75, 3.05) is 7.11 Å².